The van der Waals surface area contributed by atoms with E-state index in [9.17, 15) is 0 Å². The van der Waals surface area contributed by atoms with Crippen molar-refractivity contribution in [1.82, 2.24) is 10.3 Å². The van der Waals surface area contributed by atoms with Gasteiger partial charge in [0.1, 0.15) is 6.26 Å². The molecule has 1 atom stereocenters. The zero-order valence-corrected chi connectivity index (χ0v) is 11.4. The number of nitrogens with zero attached hydrogens (tertiary/aromatic N) is 2. The van der Waals surface area contributed by atoms with Crippen molar-refractivity contribution in [2.24, 2.45) is 0 Å². The zero-order valence-electron chi connectivity index (χ0n) is 10.6. The van der Waals surface area contributed by atoms with E-state index in [1.54, 1.807) is 6.26 Å². The summed E-state index contributed by atoms with van der Waals surface area (Å²) in [6.45, 7) is 7.25. The monoisotopic (exact) mass is 255 g/mol. The van der Waals surface area contributed by atoms with E-state index >= 15 is 0 Å². The van der Waals surface area contributed by atoms with Crippen LogP contribution in [0, 0.1) is 0 Å². The zero-order chi connectivity index (χ0) is 12.1. The predicted molar refractivity (Wildman–Crippen MR) is 72.6 cm³/mol. The Hall–Kier alpha value is -0.680. The van der Waals surface area contributed by atoms with Gasteiger partial charge >= 0.3 is 0 Å². The molecule has 0 aromatic carbocycles. The van der Waals surface area contributed by atoms with Crippen LogP contribution in [0.2, 0.25) is 0 Å². The summed E-state index contributed by atoms with van der Waals surface area (Å²) < 4.78 is 5.57. The first-order chi connectivity index (χ1) is 8.31. The SMILES string of the molecule is CCCNCc1coc(N2CCSCC2C)n1. The maximum Gasteiger partial charge on any atom is 0.297 e. The van der Waals surface area contributed by atoms with Crippen molar-refractivity contribution in [3.63, 3.8) is 0 Å². The lowest BCUT2D eigenvalue weighted by atomic mass is 10.3. The van der Waals surface area contributed by atoms with Crippen LogP contribution in [0.5, 0.6) is 0 Å². The smallest absolute Gasteiger partial charge is 0.297 e. The number of hydrogen-bond acceptors (Lipinski definition) is 5. The third-order valence-electron chi connectivity index (χ3n) is 2.89. The average molecular weight is 255 g/mol. The Morgan fingerprint density at radius 3 is 3.29 bits per heavy atom. The van der Waals surface area contributed by atoms with Gasteiger partial charge in [-0.3, -0.25) is 0 Å². The van der Waals surface area contributed by atoms with E-state index in [1.165, 1.54) is 0 Å². The number of nitrogens with one attached hydrogen (secondary N) is 1. The van der Waals surface area contributed by atoms with Crippen molar-refractivity contribution in [3.05, 3.63) is 12.0 Å². The molecule has 5 heteroatoms. The minimum Gasteiger partial charge on any atom is -0.432 e. The van der Waals surface area contributed by atoms with E-state index in [0.717, 1.165) is 49.3 Å². The lowest BCUT2D eigenvalue weighted by molar-refractivity contribution is 0.515. The predicted octanol–water partition coefficient (Wildman–Crippen LogP) is 2.12. The van der Waals surface area contributed by atoms with Crippen molar-refractivity contribution in [2.75, 3.05) is 29.5 Å². The molecule has 17 heavy (non-hydrogen) atoms. The van der Waals surface area contributed by atoms with Gasteiger partial charge in [-0.25, -0.2) is 0 Å². The van der Waals surface area contributed by atoms with Crippen LogP contribution in [0.3, 0.4) is 0 Å². The van der Waals surface area contributed by atoms with Crippen molar-refractivity contribution >= 4 is 17.8 Å². The molecule has 1 aromatic rings. The summed E-state index contributed by atoms with van der Waals surface area (Å²) in [6.07, 6.45) is 2.91. The van der Waals surface area contributed by atoms with Gasteiger partial charge in [0.2, 0.25) is 0 Å². The van der Waals surface area contributed by atoms with Crippen LogP contribution in [0.15, 0.2) is 10.7 Å². The first-order valence-corrected chi connectivity index (χ1v) is 7.46. The second-order valence-electron chi connectivity index (χ2n) is 4.42. The summed E-state index contributed by atoms with van der Waals surface area (Å²) >= 11 is 2.00. The van der Waals surface area contributed by atoms with E-state index < -0.39 is 0 Å². The van der Waals surface area contributed by atoms with Gasteiger partial charge < -0.3 is 14.6 Å². The normalized spacial score (nSPS) is 20.8. The second kappa shape index (κ2) is 6.31. The van der Waals surface area contributed by atoms with Gasteiger partial charge in [-0.15, -0.1) is 0 Å². The lowest BCUT2D eigenvalue weighted by Gasteiger charge is -2.31. The van der Waals surface area contributed by atoms with E-state index in [0.29, 0.717) is 6.04 Å². The quantitative estimate of drug-likeness (QED) is 0.816. The first-order valence-electron chi connectivity index (χ1n) is 6.30. The Balaban J connectivity index is 1.92. The van der Waals surface area contributed by atoms with Crippen LogP contribution < -0.4 is 10.2 Å². The Morgan fingerprint density at radius 1 is 1.65 bits per heavy atom. The Morgan fingerprint density at radius 2 is 2.53 bits per heavy atom. The highest BCUT2D eigenvalue weighted by atomic mass is 32.2. The maximum absolute atomic E-state index is 5.57. The Kier molecular flexibility index (Phi) is 4.74. The molecule has 1 fully saturated rings. The largest absolute Gasteiger partial charge is 0.432 e. The number of anilines is 1. The van der Waals surface area contributed by atoms with Gasteiger partial charge in [0, 0.05) is 30.6 Å². The highest BCUT2D eigenvalue weighted by Crippen LogP contribution is 2.23. The van der Waals surface area contributed by atoms with Crippen LogP contribution in [0.25, 0.3) is 0 Å². The number of hydrogen-bond donors (Lipinski definition) is 1. The summed E-state index contributed by atoms with van der Waals surface area (Å²) in [7, 11) is 0. The Labute approximate surface area is 107 Å². The van der Waals surface area contributed by atoms with Crippen molar-refractivity contribution in [1.29, 1.82) is 0 Å². The van der Waals surface area contributed by atoms with Crippen LogP contribution in [0.1, 0.15) is 26.0 Å². The summed E-state index contributed by atoms with van der Waals surface area (Å²) in [5.41, 5.74) is 0.999. The van der Waals surface area contributed by atoms with Crippen LogP contribution in [-0.4, -0.2) is 35.6 Å². The molecule has 0 saturated carbocycles. The van der Waals surface area contributed by atoms with Gasteiger partial charge in [-0.05, 0) is 19.9 Å². The van der Waals surface area contributed by atoms with Crippen molar-refractivity contribution < 1.29 is 4.42 Å². The van der Waals surface area contributed by atoms with Gasteiger partial charge in [0.05, 0.1) is 5.69 Å². The van der Waals surface area contributed by atoms with E-state index in [1.807, 2.05) is 11.8 Å². The molecule has 0 spiro atoms. The number of aromatic nitrogens is 1. The molecule has 0 aliphatic carbocycles. The molecule has 1 aliphatic rings. The molecule has 1 unspecified atom stereocenters. The van der Waals surface area contributed by atoms with E-state index in [2.05, 4.69) is 29.0 Å². The standard InChI is InChI=1S/C12H21N3OS/c1-3-4-13-7-11-8-16-12(14-11)15-5-6-17-9-10(15)2/h8,10,13H,3-7,9H2,1-2H3. The molecule has 0 radical (unpaired) electrons. The molecule has 1 N–H and O–H groups in total. The minimum atomic E-state index is 0.517. The van der Waals surface area contributed by atoms with Crippen LogP contribution in [-0.2, 0) is 6.54 Å². The average Bonchev–Trinajstić information content (AvgIpc) is 2.79. The number of thioether (sulfide) groups is 1. The fraction of sp³-hybridized carbons (Fsp3) is 0.750. The molecule has 2 heterocycles. The van der Waals surface area contributed by atoms with E-state index in [4.69, 9.17) is 4.42 Å². The number of rotatable bonds is 5. The third kappa shape index (κ3) is 3.39. The fourth-order valence-corrected chi connectivity index (χ4v) is 2.93. The van der Waals surface area contributed by atoms with Crippen LogP contribution >= 0.6 is 11.8 Å². The molecule has 2 rings (SSSR count). The highest BCUT2D eigenvalue weighted by molar-refractivity contribution is 7.99. The van der Waals surface area contributed by atoms with Gasteiger partial charge in [-0.2, -0.15) is 16.7 Å². The van der Waals surface area contributed by atoms with Gasteiger partial charge in [0.25, 0.3) is 6.01 Å². The second-order valence-corrected chi connectivity index (χ2v) is 5.57. The topological polar surface area (TPSA) is 41.3 Å². The molecule has 0 amide bonds. The molecule has 96 valence electrons. The molecule has 0 bridgehead atoms. The van der Waals surface area contributed by atoms with Gasteiger partial charge in [-0.1, -0.05) is 6.92 Å². The third-order valence-corrected chi connectivity index (χ3v) is 4.08. The highest BCUT2D eigenvalue weighted by Gasteiger charge is 2.22. The molecule has 1 aromatic heterocycles. The molecule has 4 nitrogen and oxygen atoms in total. The molecule has 1 saturated heterocycles. The molecular formula is C12H21N3OS. The fourth-order valence-electron chi connectivity index (χ4n) is 1.91. The summed E-state index contributed by atoms with van der Waals surface area (Å²) in [6, 6.07) is 1.30. The van der Waals surface area contributed by atoms with Crippen molar-refractivity contribution in [2.45, 2.75) is 32.9 Å². The first kappa shape index (κ1) is 12.8. The number of oxazole rings is 1. The lowest BCUT2D eigenvalue weighted by Crippen LogP contribution is -2.40. The van der Waals surface area contributed by atoms with Crippen LogP contribution in [0.4, 0.5) is 6.01 Å². The summed E-state index contributed by atoms with van der Waals surface area (Å²) in [5, 5.41) is 3.33. The Bertz CT molecular complexity index is 342. The van der Waals surface area contributed by atoms with E-state index in [-0.39, 0.29) is 0 Å². The molecular weight excluding hydrogens is 234 g/mol. The maximum atomic E-state index is 5.57. The van der Waals surface area contributed by atoms with Gasteiger partial charge in [0.15, 0.2) is 0 Å². The summed E-state index contributed by atoms with van der Waals surface area (Å²) in [5.74, 6) is 2.32. The summed E-state index contributed by atoms with van der Waals surface area (Å²) in [4.78, 5) is 6.81. The van der Waals surface area contributed by atoms with Crippen molar-refractivity contribution in [3.8, 4) is 0 Å². The molecule has 1 aliphatic heterocycles. The minimum absolute atomic E-state index is 0.517.